The number of benzene rings is 2. The molecule has 1 aliphatic rings. The summed E-state index contributed by atoms with van der Waals surface area (Å²) >= 11 is 9.00. The Labute approximate surface area is 183 Å². The Morgan fingerprint density at radius 1 is 1.14 bits per heavy atom. The monoisotopic (exact) mass is 476 g/mol. The van der Waals surface area contributed by atoms with Crippen molar-refractivity contribution in [3.05, 3.63) is 52.1 Å². The summed E-state index contributed by atoms with van der Waals surface area (Å²) in [4.78, 5) is 16.3. The number of nitrogens with zero attached hydrogens (tertiary/aromatic N) is 2. The number of thiocarbonyl (C=S) groups is 1. The zero-order valence-electron chi connectivity index (χ0n) is 16.6. The molecular weight excluding hydrogens is 456 g/mol. The van der Waals surface area contributed by atoms with Gasteiger partial charge in [-0.1, -0.05) is 0 Å². The maximum atomic E-state index is 13.1. The first kappa shape index (κ1) is 21.1. The standard InChI is InChI=1S/C21H21BrN2O4S/c1-5-28-15-8-6-14(7-9-15)24-20(25)17(23(2)21(24)29)11-13-10-16(22)19(27-4)18(12-13)26-3/h6-12H,5H2,1-4H3/b17-11-. The molecule has 2 aromatic rings. The molecule has 29 heavy (non-hydrogen) atoms. The van der Waals surface area contributed by atoms with Crippen molar-refractivity contribution in [2.45, 2.75) is 6.92 Å². The molecule has 0 bridgehead atoms. The Balaban J connectivity index is 1.96. The van der Waals surface area contributed by atoms with Crippen LogP contribution >= 0.6 is 28.1 Å². The van der Waals surface area contributed by atoms with E-state index in [1.165, 1.54) is 4.90 Å². The van der Waals surface area contributed by atoms with Crippen molar-refractivity contribution < 1.29 is 19.0 Å². The van der Waals surface area contributed by atoms with Gasteiger partial charge in [-0.3, -0.25) is 9.69 Å². The fraction of sp³-hybridized carbons (Fsp3) is 0.238. The SMILES string of the molecule is CCOc1ccc(N2C(=O)/C(=C/c3cc(Br)c(OC)c(OC)c3)N(C)C2=S)cc1. The molecule has 3 rings (SSSR count). The Bertz CT molecular complexity index is 975. The predicted molar refractivity (Wildman–Crippen MR) is 121 cm³/mol. The normalized spacial score (nSPS) is 15.3. The Morgan fingerprint density at radius 3 is 2.41 bits per heavy atom. The number of hydrogen-bond acceptors (Lipinski definition) is 5. The van der Waals surface area contributed by atoms with Gasteiger partial charge in [-0.2, -0.15) is 0 Å². The Hall–Kier alpha value is -2.58. The molecule has 1 amide bonds. The number of carbonyl (C=O) groups is 1. The highest BCUT2D eigenvalue weighted by Gasteiger charge is 2.36. The number of hydrogen-bond donors (Lipinski definition) is 0. The number of rotatable bonds is 6. The van der Waals surface area contributed by atoms with E-state index in [4.69, 9.17) is 26.4 Å². The molecule has 6 nitrogen and oxygen atoms in total. The third-order valence-corrected chi connectivity index (χ3v) is 5.47. The van der Waals surface area contributed by atoms with Crippen molar-refractivity contribution in [1.29, 1.82) is 0 Å². The smallest absolute Gasteiger partial charge is 0.281 e. The molecule has 1 aliphatic heterocycles. The molecule has 0 spiro atoms. The highest BCUT2D eigenvalue weighted by molar-refractivity contribution is 9.10. The van der Waals surface area contributed by atoms with Crippen LogP contribution in [0.3, 0.4) is 0 Å². The van der Waals surface area contributed by atoms with Gasteiger partial charge in [0.1, 0.15) is 11.4 Å². The number of ether oxygens (including phenoxy) is 3. The lowest BCUT2D eigenvalue weighted by atomic mass is 10.1. The second kappa shape index (κ2) is 8.84. The third kappa shape index (κ3) is 4.09. The average Bonchev–Trinajstić information content (AvgIpc) is 2.92. The van der Waals surface area contributed by atoms with Crippen molar-refractivity contribution >= 4 is 50.9 Å². The van der Waals surface area contributed by atoms with E-state index in [1.54, 1.807) is 38.3 Å². The summed E-state index contributed by atoms with van der Waals surface area (Å²) in [6, 6.07) is 10.9. The molecule has 0 radical (unpaired) electrons. The molecule has 1 fully saturated rings. The molecule has 0 N–H and O–H groups in total. The van der Waals surface area contributed by atoms with Gasteiger partial charge in [0, 0.05) is 7.05 Å². The second-order valence-electron chi connectivity index (χ2n) is 6.18. The van der Waals surface area contributed by atoms with E-state index in [0.717, 1.165) is 15.8 Å². The highest BCUT2D eigenvalue weighted by atomic mass is 79.9. The lowest BCUT2D eigenvalue weighted by Gasteiger charge is -2.16. The molecule has 0 unspecified atom stereocenters. The summed E-state index contributed by atoms with van der Waals surface area (Å²) in [5.41, 5.74) is 1.93. The Kier molecular flexibility index (Phi) is 6.44. The zero-order valence-corrected chi connectivity index (χ0v) is 19.0. The number of halogens is 1. The zero-order chi connectivity index (χ0) is 21.1. The molecule has 0 atom stereocenters. The molecule has 2 aromatic carbocycles. The average molecular weight is 477 g/mol. The van der Waals surface area contributed by atoms with Crippen LogP contribution in [0.5, 0.6) is 17.2 Å². The van der Waals surface area contributed by atoms with E-state index in [0.29, 0.717) is 34.6 Å². The minimum Gasteiger partial charge on any atom is -0.494 e. The molecule has 8 heteroatoms. The van der Waals surface area contributed by atoms with Gasteiger partial charge in [-0.25, -0.2) is 0 Å². The Morgan fingerprint density at radius 2 is 1.83 bits per heavy atom. The fourth-order valence-electron chi connectivity index (χ4n) is 3.02. The summed E-state index contributed by atoms with van der Waals surface area (Å²) in [5, 5.41) is 0.407. The van der Waals surface area contributed by atoms with Gasteiger partial charge in [0.15, 0.2) is 16.6 Å². The topological polar surface area (TPSA) is 51.2 Å². The minimum absolute atomic E-state index is 0.201. The molecule has 0 saturated carbocycles. The van der Waals surface area contributed by atoms with Gasteiger partial charge in [0.25, 0.3) is 5.91 Å². The number of likely N-dealkylation sites (N-methyl/N-ethyl adjacent to an activating group) is 1. The summed E-state index contributed by atoms with van der Waals surface area (Å²) in [6.45, 7) is 2.50. The van der Waals surface area contributed by atoms with Gasteiger partial charge in [0.05, 0.1) is 31.0 Å². The number of amides is 1. The van der Waals surface area contributed by atoms with Crippen LogP contribution in [0.25, 0.3) is 6.08 Å². The van der Waals surface area contributed by atoms with E-state index in [1.807, 2.05) is 37.3 Å². The summed E-state index contributed by atoms with van der Waals surface area (Å²) in [6.07, 6.45) is 1.77. The van der Waals surface area contributed by atoms with Crippen molar-refractivity contribution in [2.75, 3.05) is 32.8 Å². The number of carbonyl (C=O) groups excluding carboxylic acids is 1. The van der Waals surface area contributed by atoms with E-state index in [9.17, 15) is 4.79 Å². The van der Waals surface area contributed by atoms with Gasteiger partial charge in [-0.15, -0.1) is 0 Å². The second-order valence-corrected chi connectivity index (χ2v) is 7.40. The maximum Gasteiger partial charge on any atom is 0.281 e. The first-order valence-corrected chi connectivity index (χ1v) is 10.1. The van der Waals surface area contributed by atoms with Crippen LogP contribution in [0.1, 0.15) is 12.5 Å². The van der Waals surface area contributed by atoms with Crippen LogP contribution in [0.15, 0.2) is 46.6 Å². The number of methoxy groups -OCH3 is 2. The van der Waals surface area contributed by atoms with Crippen LogP contribution in [0.4, 0.5) is 5.69 Å². The molecule has 0 aliphatic carbocycles. The minimum atomic E-state index is -0.201. The van der Waals surface area contributed by atoms with Crippen molar-refractivity contribution in [1.82, 2.24) is 4.90 Å². The van der Waals surface area contributed by atoms with Gasteiger partial charge < -0.3 is 19.1 Å². The largest absolute Gasteiger partial charge is 0.494 e. The predicted octanol–water partition coefficient (Wildman–Crippen LogP) is 4.47. The van der Waals surface area contributed by atoms with Crippen molar-refractivity contribution in [3.63, 3.8) is 0 Å². The third-order valence-electron chi connectivity index (χ3n) is 4.43. The lowest BCUT2D eigenvalue weighted by Crippen LogP contribution is -2.31. The van der Waals surface area contributed by atoms with Crippen LogP contribution in [0.2, 0.25) is 0 Å². The van der Waals surface area contributed by atoms with Gasteiger partial charge in [0.2, 0.25) is 0 Å². The van der Waals surface area contributed by atoms with Crippen LogP contribution in [0, 0.1) is 0 Å². The first-order valence-electron chi connectivity index (χ1n) is 8.89. The van der Waals surface area contributed by atoms with Crippen LogP contribution in [-0.4, -0.2) is 43.8 Å². The van der Waals surface area contributed by atoms with E-state index < -0.39 is 0 Å². The summed E-state index contributed by atoms with van der Waals surface area (Å²) in [5.74, 6) is 1.70. The molecular formula is C21H21BrN2O4S. The van der Waals surface area contributed by atoms with Crippen LogP contribution < -0.4 is 19.1 Å². The molecule has 0 aromatic heterocycles. The lowest BCUT2D eigenvalue weighted by molar-refractivity contribution is -0.114. The maximum absolute atomic E-state index is 13.1. The van der Waals surface area contributed by atoms with E-state index >= 15 is 0 Å². The highest BCUT2D eigenvalue weighted by Crippen LogP contribution is 2.37. The van der Waals surface area contributed by atoms with Gasteiger partial charge >= 0.3 is 0 Å². The molecule has 152 valence electrons. The molecule has 1 saturated heterocycles. The van der Waals surface area contributed by atoms with Crippen molar-refractivity contribution in [3.8, 4) is 17.2 Å². The van der Waals surface area contributed by atoms with Crippen LogP contribution in [-0.2, 0) is 4.79 Å². The fourth-order valence-corrected chi connectivity index (χ4v) is 3.93. The molecule has 1 heterocycles. The quantitative estimate of drug-likeness (QED) is 0.452. The van der Waals surface area contributed by atoms with Gasteiger partial charge in [-0.05, 0) is 83.1 Å². The summed E-state index contributed by atoms with van der Waals surface area (Å²) in [7, 11) is 4.91. The number of anilines is 1. The van der Waals surface area contributed by atoms with Crippen molar-refractivity contribution in [2.24, 2.45) is 0 Å². The first-order chi connectivity index (χ1) is 13.9. The van der Waals surface area contributed by atoms with E-state index in [2.05, 4.69) is 15.9 Å². The summed E-state index contributed by atoms with van der Waals surface area (Å²) < 4.78 is 16.9. The van der Waals surface area contributed by atoms with E-state index in [-0.39, 0.29) is 5.91 Å².